The third kappa shape index (κ3) is 4.30. The quantitative estimate of drug-likeness (QED) is 0.758. The highest BCUT2D eigenvalue weighted by Crippen LogP contribution is 2.23. The molecule has 0 aliphatic heterocycles. The van der Waals surface area contributed by atoms with Crippen LogP contribution in [0, 0.1) is 6.92 Å². The molecule has 0 radical (unpaired) electrons. The monoisotopic (exact) mass is 306 g/mol. The van der Waals surface area contributed by atoms with E-state index in [9.17, 15) is 0 Å². The van der Waals surface area contributed by atoms with Gasteiger partial charge in [-0.1, -0.05) is 36.9 Å². The lowest BCUT2D eigenvalue weighted by Gasteiger charge is -2.11. The average molecular weight is 306 g/mol. The van der Waals surface area contributed by atoms with Gasteiger partial charge in [0.25, 0.3) is 0 Å². The summed E-state index contributed by atoms with van der Waals surface area (Å²) in [6.07, 6.45) is 9.39. The van der Waals surface area contributed by atoms with Gasteiger partial charge in [0.05, 0.1) is 5.69 Å². The van der Waals surface area contributed by atoms with Crippen molar-refractivity contribution in [1.29, 1.82) is 0 Å². The van der Waals surface area contributed by atoms with Crippen LogP contribution in [0.4, 0.5) is 17.3 Å². The van der Waals surface area contributed by atoms with E-state index in [-0.39, 0.29) is 0 Å². The zero-order chi connectivity index (χ0) is 16.7. The second kappa shape index (κ2) is 7.94. The fourth-order valence-corrected chi connectivity index (χ4v) is 2.11. The first-order valence-corrected chi connectivity index (χ1v) is 7.52. The lowest BCUT2D eigenvalue weighted by atomic mass is 10.1. The minimum absolute atomic E-state index is 0.574. The topological polar surface area (TPSA) is 49.8 Å². The van der Waals surface area contributed by atoms with E-state index in [0.29, 0.717) is 5.95 Å². The van der Waals surface area contributed by atoms with Crippen LogP contribution >= 0.6 is 0 Å². The summed E-state index contributed by atoms with van der Waals surface area (Å²) in [7, 11) is 1.90. The molecule has 0 aliphatic rings. The Hall–Kier alpha value is -2.88. The van der Waals surface area contributed by atoms with Gasteiger partial charge in [-0.25, -0.2) is 9.97 Å². The standard InChI is InChI=1S/C19H22N4/c1-5-7-8-15(6-2)17-11-12-21-19(22-17)23-18-13-16(20-4)10-9-14(18)3/h5-13,20H,1H2,2-4H3,(H,21,22,23)/b8-7-,15-6+. The highest BCUT2D eigenvalue weighted by molar-refractivity contribution is 5.72. The maximum Gasteiger partial charge on any atom is 0.227 e. The molecule has 0 unspecified atom stereocenters. The summed E-state index contributed by atoms with van der Waals surface area (Å²) in [5, 5.41) is 6.42. The van der Waals surface area contributed by atoms with Gasteiger partial charge in [0, 0.05) is 24.6 Å². The summed E-state index contributed by atoms with van der Waals surface area (Å²) in [6.45, 7) is 7.73. The van der Waals surface area contributed by atoms with Crippen LogP contribution in [0.5, 0.6) is 0 Å². The average Bonchev–Trinajstić information content (AvgIpc) is 2.58. The SMILES string of the molecule is C=C/C=C\C(=C/C)c1ccnc(Nc2cc(NC)ccc2C)n1. The summed E-state index contributed by atoms with van der Waals surface area (Å²) in [5.74, 6) is 0.574. The predicted molar refractivity (Wildman–Crippen MR) is 99.0 cm³/mol. The van der Waals surface area contributed by atoms with Crippen molar-refractivity contribution in [3.63, 3.8) is 0 Å². The Balaban J connectivity index is 2.30. The van der Waals surface area contributed by atoms with Gasteiger partial charge in [0.2, 0.25) is 5.95 Å². The van der Waals surface area contributed by atoms with E-state index >= 15 is 0 Å². The van der Waals surface area contributed by atoms with Gasteiger partial charge in [-0.2, -0.15) is 0 Å². The van der Waals surface area contributed by atoms with Crippen molar-refractivity contribution >= 4 is 22.9 Å². The highest BCUT2D eigenvalue weighted by atomic mass is 15.1. The molecule has 2 N–H and O–H groups in total. The number of rotatable bonds is 6. The van der Waals surface area contributed by atoms with Gasteiger partial charge >= 0.3 is 0 Å². The fourth-order valence-electron chi connectivity index (χ4n) is 2.11. The molecule has 0 fully saturated rings. The molecule has 0 amide bonds. The molecule has 23 heavy (non-hydrogen) atoms. The Kier molecular flexibility index (Phi) is 5.69. The molecule has 4 heteroatoms. The van der Waals surface area contributed by atoms with Crippen LogP contribution in [0.2, 0.25) is 0 Å². The van der Waals surface area contributed by atoms with E-state index in [0.717, 1.165) is 28.2 Å². The Morgan fingerprint density at radius 3 is 2.78 bits per heavy atom. The van der Waals surface area contributed by atoms with Crippen LogP contribution in [0.25, 0.3) is 5.57 Å². The highest BCUT2D eigenvalue weighted by Gasteiger charge is 2.05. The molecule has 2 aromatic rings. The second-order valence-electron chi connectivity index (χ2n) is 5.01. The second-order valence-corrected chi connectivity index (χ2v) is 5.01. The number of nitrogens with one attached hydrogen (secondary N) is 2. The van der Waals surface area contributed by atoms with E-state index in [1.807, 2.05) is 50.4 Å². The van der Waals surface area contributed by atoms with Gasteiger partial charge < -0.3 is 10.6 Å². The summed E-state index contributed by atoms with van der Waals surface area (Å²) >= 11 is 0. The first-order chi connectivity index (χ1) is 11.2. The third-order valence-electron chi connectivity index (χ3n) is 3.45. The van der Waals surface area contributed by atoms with Crippen molar-refractivity contribution in [2.75, 3.05) is 17.7 Å². The molecule has 1 heterocycles. The maximum absolute atomic E-state index is 4.59. The Labute approximate surface area is 137 Å². The number of nitrogens with zero attached hydrogens (tertiary/aromatic N) is 2. The van der Waals surface area contributed by atoms with E-state index in [2.05, 4.69) is 40.2 Å². The van der Waals surface area contributed by atoms with Crippen molar-refractivity contribution in [3.8, 4) is 0 Å². The van der Waals surface area contributed by atoms with Gasteiger partial charge in [-0.05, 0) is 43.2 Å². The van der Waals surface area contributed by atoms with Crippen LogP contribution in [-0.2, 0) is 0 Å². The molecule has 0 saturated heterocycles. The van der Waals surface area contributed by atoms with Gasteiger partial charge in [0.1, 0.15) is 0 Å². The van der Waals surface area contributed by atoms with Crippen LogP contribution in [0.3, 0.4) is 0 Å². The number of aryl methyl sites for hydroxylation is 1. The molecule has 1 aromatic carbocycles. The first kappa shape index (κ1) is 16.5. The van der Waals surface area contributed by atoms with Gasteiger partial charge in [-0.3, -0.25) is 0 Å². The van der Waals surface area contributed by atoms with E-state index in [4.69, 9.17) is 0 Å². The lowest BCUT2D eigenvalue weighted by Crippen LogP contribution is -2.01. The van der Waals surface area contributed by atoms with Crippen LogP contribution in [-0.4, -0.2) is 17.0 Å². The maximum atomic E-state index is 4.59. The molecule has 0 atom stereocenters. The first-order valence-electron chi connectivity index (χ1n) is 7.52. The zero-order valence-electron chi connectivity index (χ0n) is 13.8. The molecule has 118 valence electrons. The summed E-state index contributed by atoms with van der Waals surface area (Å²) in [5.41, 5.74) is 5.05. The van der Waals surface area contributed by atoms with Crippen LogP contribution in [0.15, 0.2) is 61.3 Å². The summed E-state index contributed by atoms with van der Waals surface area (Å²) < 4.78 is 0. The number of aromatic nitrogens is 2. The Morgan fingerprint density at radius 2 is 2.09 bits per heavy atom. The van der Waals surface area contributed by atoms with Crippen LogP contribution in [0.1, 0.15) is 18.2 Å². The van der Waals surface area contributed by atoms with Gasteiger partial charge in [-0.15, -0.1) is 0 Å². The number of benzene rings is 1. The largest absolute Gasteiger partial charge is 0.388 e. The fraction of sp³-hybridized carbons (Fsp3) is 0.158. The van der Waals surface area contributed by atoms with Crippen molar-refractivity contribution in [1.82, 2.24) is 9.97 Å². The third-order valence-corrected chi connectivity index (χ3v) is 3.45. The van der Waals surface area contributed by atoms with Crippen molar-refractivity contribution < 1.29 is 0 Å². The van der Waals surface area contributed by atoms with Crippen molar-refractivity contribution in [2.45, 2.75) is 13.8 Å². The molecule has 0 saturated carbocycles. The van der Waals surface area contributed by atoms with E-state index < -0.39 is 0 Å². The molecule has 0 aliphatic carbocycles. The molecule has 0 bridgehead atoms. The smallest absolute Gasteiger partial charge is 0.227 e. The normalized spacial score (nSPS) is 11.5. The lowest BCUT2D eigenvalue weighted by molar-refractivity contribution is 1.14. The van der Waals surface area contributed by atoms with Crippen molar-refractivity contribution in [3.05, 3.63) is 72.6 Å². The number of hydrogen-bond acceptors (Lipinski definition) is 4. The number of anilines is 3. The molecule has 0 spiro atoms. The zero-order valence-corrected chi connectivity index (χ0v) is 13.8. The molecule has 2 rings (SSSR count). The van der Waals surface area contributed by atoms with Crippen molar-refractivity contribution in [2.24, 2.45) is 0 Å². The molecule has 1 aromatic heterocycles. The molecule has 4 nitrogen and oxygen atoms in total. The van der Waals surface area contributed by atoms with E-state index in [1.165, 1.54) is 0 Å². The van der Waals surface area contributed by atoms with E-state index in [1.54, 1.807) is 12.3 Å². The number of allylic oxidation sites excluding steroid dienone is 5. The molecular weight excluding hydrogens is 284 g/mol. The Morgan fingerprint density at radius 1 is 1.26 bits per heavy atom. The van der Waals surface area contributed by atoms with Crippen LogP contribution < -0.4 is 10.6 Å². The number of hydrogen-bond donors (Lipinski definition) is 2. The minimum Gasteiger partial charge on any atom is -0.388 e. The molecular formula is C19H22N4. The van der Waals surface area contributed by atoms with Gasteiger partial charge in [0.15, 0.2) is 0 Å². The summed E-state index contributed by atoms with van der Waals surface area (Å²) in [4.78, 5) is 8.91. The minimum atomic E-state index is 0.574. The predicted octanol–water partition coefficient (Wildman–Crippen LogP) is 4.72. The Bertz CT molecular complexity index is 745. The summed E-state index contributed by atoms with van der Waals surface area (Å²) in [6, 6.07) is 8.03.